The van der Waals surface area contributed by atoms with E-state index in [1.54, 1.807) is 17.8 Å². The minimum absolute atomic E-state index is 0.0154. The molecule has 1 heterocycles. The molecule has 1 aromatic heterocycles. The van der Waals surface area contributed by atoms with E-state index >= 15 is 0 Å². The second-order valence-electron chi connectivity index (χ2n) is 3.50. The summed E-state index contributed by atoms with van der Waals surface area (Å²) >= 11 is 1.79. The van der Waals surface area contributed by atoms with Crippen LogP contribution >= 0.6 is 11.8 Å². The van der Waals surface area contributed by atoms with Crippen molar-refractivity contribution in [1.29, 1.82) is 0 Å². The molecule has 0 aromatic carbocycles. The third-order valence-corrected chi connectivity index (χ3v) is 3.69. The zero-order valence-corrected chi connectivity index (χ0v) is 10.0. The van der Waals surface area contributed by atoms with E-state index in [-0.39, 0.29) is 11.0 Å². The molecule has 1 rings (SSSR count). The zero-order chi connectivity index (χ0) is 11.4. The van der Waals surface area contributed by atoms with Crippen LogP contribution in [0.3, 0.4) is 0 Å². The minimum Gasteiger partial charge on any atom is -0.475 e. The SMILES string of the molecule is CCC(C)SC(C)c1ccc(C(=O)O)o1. The zero-order valence-electron chi connectivity index (χ0n) is 9.19. The highest BCUT2D eigenvalue weighted by molar-refractivity contribution is 8.00. The van der Waals surface area contributed by atoms with Crippen molar-refractivity contribution in [2.75, 3.05) is 0 Å². The highest BCUT2D eigenvalue weighted by Gasteiger charge is 2.16. The lowest BCUT2D eigenvalue weighted by molar-refractivity contribution is 0.0660. The van der Waals surface area contributed by atoms with Crippen LogP contribution in [0.1, 0.15) is 48.8 Å². The van der Waals surface area contributed by atoms with E-state index < -0.39 is 5.97 Å². The summed E-state index contributed by atoms with van der Waals surface area (Å²) in [5, 5.41) is 9.46. The predicted octanol–water partition coefficient (Wildman–Crippen LogP) is 3.57. The van der Waals surface area contributed by atoms with Crippen LogP contribution in [0, 0.1) is 0 Å². The van der Waals surface area contributed by atoms with Gasteiger partial charge < -0.3 is 9.52 Å². The maximum Gasteiger partial charge on any atom is 0.371 e. The Bertz CT molecular complexity index is 332. The number of rotatable bonds is 5. The van der Waals surface area contributed by atoms with Gasteiger partial charge in [0.2, 0.25) is 5.76 Å². The van der Waals surface area contributed by atoms with Crippen molar-refractivity contribution in [3.05, 3.63) is 23.7 Å². The summed E-state index contributed by atoms with van der Waals surface area (Å²) in [5.74, 6) is -0.263. The Morgan fingerprint density at radius 1 is 1.53 bits per heavy atom. The Kier molecular flexibility index (Phi) is 4.27. The molecule has 0 bridgehead atoms. The average Bonchev–Trinajstić information content (AvgIpc) is 2.66. The molecular formula is C11H16O3S. The van der Waals surface area contributed by atoms with Gasteiger partial charge in [-0.3, -0.25) is 0 Å². The van der Waals surface area contributed by atoms with Crippen molar-refractivity contribution in [3.8, 4) is 0 Å². The molecule has 0 saturated carbocycles. The Morgan fingerprint density at radius 3 is 2.67 bits per heavy atom. The van der Waals surface area contributed by atoms with Crippen molar-refractivity contribution in [2.45, 2.75) is 37.7 Å². The van der Waals surface area contributed by atoms with Gasteiger partial charge in [0.1, 0.15) is 5.76 Å². The average molecular weight is 228 g/mol. The molecule has 4 heteroatoms. The van der Waals surface area contributed by atoms with E-state index in [4.69, 9.17) is 9.52 Å². The molecule has 15 heavy (non-hydrogen) atoms. The first-order chi connectivity index (χ1) is 7.04. The predicted molar refractivity (Wildman–Crippen MR) is 61.4 cm³/mol. The molecule has 0 spiro atoms. The van der Waals surface area contributed by atoms with Crippen molar-refractivity contribution >= 4 is 17.7 Å². The molecule has 1 aromatic rings. The van der Waals surface area contributed by atoms with Crippen LogP contribution in [0.15, 0.2) is 16.5 Å². The monoisotopic (exact) mass is 228 g/mol. The lowest BCUT2D eigenvalue weighted by atomic mass is 10.3. The lowest BCUT2D eigenvalue weighted by Crippen LogP contribution is -1.97. The Balaban J connectivity index is 2.65. The minimum atomic E-state index is -1.01. The number of carboxylic acids is 1. The second-order valence-corrected chi connectivity index (χ2v) is 5.29. The molecule has 0 radical (unpaired) electrons. The highest BCUT2D eigenvalue weighted by Crippen LogP contribution is 2.33. The topological polar surface area (TPSA) is 50.4 Å². The van der Waals surface area contributed by atoms with Gasteiger partial charge in [0.25, 0.3) is 0 Å². The summed E-state index contributed by atoms with van der Waals surface area (Å²) in [6, 6.07) is 3.24. The van der Waals surface area contributed by atoms with Crippen molar-refractivity contribution in [1.82, 2.24) is 0 Å². The first-order valence-corrected chi connectivity index (χ1v) is 5.97. The van der Waals surface area contributed by atoms with Gasteiger partial charge in [0.15, 0.2) is 0 Å². The first-order valence-electron chi connectivity index (χ1n) is 5.03. The number of thioether (sulfide) groups is 1. The molecule has 0 aliphatic rings. The summed E-state index contributed by atoms with van der Waals surface area (Å²) < 4.78 is 5.23. The molecule has 0 fully saturated rings. The maximum atomic E-state index is 10.6. The molecule has 1 N–H and O–H groups in total. The van der Waals surface area contributed by atoms with Crippen molar-refractivity contribution < 1.29 is 14.3 Å². The number of aromatic carboxylic acids is 1. The van der Waals surface area contributed by atoms with Crippen LogP contribution < -0.4 is 0 Å². The van der Waals surface area contributed by atoms with E-state index in [1.165, 1.54) is 6.07 Å². The summed E-state index contributed by atoms with van der Waals surface area (Å²) in [6.07, 6.45) is 1.10. The number of hydrogen-bond acceptors (Lipinski definition) is 3. The van der Waals surface area contributed by atoms with Gasteiger partial charge in [-0.05, 0) is 25.5 Å². The number of carboxylic acid groups (broad SMARTS) is 1. The van der Waals surface area contributed by atoms with Gasteiger partial charge in [0.05, 0.1) is 5.25 Å². The quantitative estimate of drug-likeness (QED) is 0.837. The fraction of sp³-hybridized carbons (Fsp3) is 0.545. The fourth-order valence-electron chi connectivity index (χ4n) is 1.20. The van der Waals surface area contributed by atoms with Crippen molar-refractivity contribution in [3.63, 3.8) is 0 Å². The van der Waals surface area contributed by atoms with Gasteiger partial charge in [-0.2, -0.15) is 0 Å². The molecule has 0 amide bonds. The largest absolute Gasteiger partial charge is 0.475 e. The molecular weight excluding hydrogens is 212 g/mol. The number of hydrogen-bond donors (Lipinski definition) is 1. The van der Waals surface area contributed by atoms with Crippen LogP contribution in [0.5, 0.6) is 0 Å². The molecule has 3 nitrogen and oxygen atoms in total. The van der Waals surface area contributed by atoms with Gasteiger partial charge in [0, 0.05) is 5.25 Å². The van der Waals surface area contributed by atoms with Crippen LogP contribution in [-0.4, -0.2) is 16.3 Å². The molecule has 0 saturated heterocycles. The second kappa shape index (κ2) is 5.26. The van der Waals surface area contributed by atoms with E-state index in [0.29, 0.717) is 5.25 Å². The molecule has 2 atom stereocenters. The molecule has 84 valence electrons. The maximum absolute atomic E-state index is 10.6. The third-order valence-electron chi connectivity index (χ3n) is 2.25. The van der Waals surface area contributed by atoms with E-state index in [2.05, 4.69) is 13.8 Å². The molecule has 0 aliphatic carbocycles. The van der Waals surface area contributed by atoms with E-state index in [1.807, 2.05) is 6.92 Å². The van der Waals surface area contributed by atoms with E-state index in [9.17, 15) is 4.79 Å². The third kappa shape index (κ3) is 3.30. The van der Waals surface area contributed by atoms with Gasteiger partial charge in [-0.1, -0.05) is 13.8 Å². The van der Waals surface area contributed by atoms with Crippen molar-refractivity contribution in [2.24, 2.45) is 0 Å². The summed E-state index contributed by atoms with van der Waals surface area (Å²) in [5.41, 5.74) is 0. The summed E-state index contributed by atoms with van der Waals surface area (Å²) in [7, 11) is 0. The fourth-order valence-corrected chi connectivity index (χ4v) is 2.35. The van der Waals surface area contributed by atoms with Gasteiger partial charge in [-0.25, -0.2) is 4.79 Å². The molecule has 0 aliphatic heterocycles. The van der Waals surface area contributed by atoms with E-state index in [0.717, 1.165) is 12.2 Å². The Labute approximate surface area is 93.9 Å². The lowest BCUT2D eigenvalue weighted by Gasteiger charge is -2.13. The smallest absolute Gasteiger partial charge is 0.371 e. The van der Waals surface area contributed by atoms with Gasteiger partial charge >= 0.3 is 5.97 Å². The standard InChI is InChI=1S/C11H16O3S/c1-4-7(2)15-8(3)9-5-6-10(14-9)11(12)13/h5-8H,4H2,1-3H3,(H,12,13). The highest BCUT2D eigenvalue weighted by atomic mass is 32.2. The van der Waals surface area contributed by atoms with Crippen LogP contribution in [0.4, 0.5) is 0 Å². The normalized spacial score (nSPS) is 14.9. The summed E-state index contributed by atoms with van der Waals surface area (Å²) in [4.78, 5) is 10.6. The van der Waals surface area contributed by atoms with Crippen LogP contribution in [0.2, 0.25) is 0 Å². The van der Waals surface area contributed by atoms with Crippen LogP contribution in [0.25, 0.3) is 0 Å². The van der Waals surface area contributed by atoms with Gasteiger partial charge in [-0.15, -0.1) is 11.8 Å². The summed E-state index contributed by atoms with van der Waals surface area (Å²) in [6.45, 7) is 6.32. The Hall–Kier alpha value is -0.900. The number of furan rings is 1. The number of carbonyl (C=O) groups is 1. The van der Waals surface area contributed by atoms with Crippen LogP contribution in [-0.2, 0) is 0 Å². The Morgan fingerprint density at radius 2 is 2.20 bits per heavy atom. The molecule has 2 unspecified atom stereocenters. The first kappa shape index (κ1) is 12.2.